The molecule has 2 aromatic rings. The molecule has 2 heterocycles. The maximum absolute atomic E-state index is 6.16. The number of ether oxygens (including phenoxy) is 3. The van der Waals surface area contributed by atoms with Gasteiger partial charge in [0.2, 0.25) is 12.7 Å². The van der Waals surface area contributed by atoms with Gasteiger partial charge >= 0.3 is 0 Å². The van der Waals surface area contributed by atoms with Crippen LogP contribution in [-0.2, 0) is 0 Å². The van der Waals surface area contributed by atoms with E-state index in [1.807, 2.05) is 18.2 Å². The summed E-state index contributed by atoms with van der Waals surface area (Å²) in [6.45, 7) is 0.267. The Labute approximate surface area is 123 Å². The van der Waals surface area contributed by atoms with Crippen molar-refractivity contribution in [3.8, 4) is 17.4 Å². The van der Waals surface area contributed by atoms with Crippen LogP contribution in [0.5, 0.6) is 17.4 Å². The molecule has 0 saturated heterocycles. The van der Waals surface area contributed by atoms with Crippen LogP contribution in [0.4, 0.5) is 0 Å². The second-order valence-corrected chi connectivity index (χ2v) is 5.65. The Morgan fingerprint density at radius 1 is 1.14 bits per heavy atom. The van der Waals surface area contributed by atoms with Gasteiger partial charge in [0, 0.05) is 17.6 Å². The van der Waals surface area contributed by atoms with Crippen molar-refractivity contribution < 1.29 is 14.2 Å². The second-order valence-electron chi connectivity index (χ2n) is 5.65. The molecule has 21 heavy (non-hydrogen) atoms. The fraction of sp³-hybridized carbons (Fsp3) is 0.438. The number of nitrogens with two attached hydrogens (primary N) is 1. The number of aromatic nitrogens is 1. The zero-order valence-electron chi connectivity index (χ0n) is 11.7. The van der Waals surface area contributed by atoms with Gasteiger partial charge in [-0.05, 0) is 42.8 Å². The number of rotatable bonds is 2. The van der Waals surface area contributed by atoms with E-state index in [9.17, 15) is 0 Å². The first kappa shape index (κ1) is 12.7. The number of hydrogen-bond donors (Lipinski definition) is 1. The maximum atomic E-state index is 6.16. The van der Waals surface area contributed by atoms with Gasteiger partial charge in [0.1, 0.15) is 6.10 Å². The Hall–Kier alpha value is -2.01. The lowest BCUT2D eigenvalue weighted by Gasteiger charge is -2.28. The maximum Gasteiger partial charge on any atom is 0.231 e. The highest BCUT2D eigenvalue weighted by atomic mass is 16.7. The molecular formula is C16H18N2O3. The molecule has 2 aliphatic rings. The number of pyridine rings is 1. The van der Waals surface area contributed by atoms with Gasteiger partial charge in [0.15, 0.2) is 11.5 Å². The molecule has 1 fully saturated rings. The Morgan fingerprint density at radius 2 is 1.95 bits per heavy atom. The zero-order chi connectivity index (χ0) is 14.2. The van der Waals surface area contributed by atoms with E-state index < -0.39 is 0 Å². The van der Waals surface area contributed by atoms with E-state index in [4.69, 9.17) is 19.9 Å². The number of benzene rings is 1. The second kappa shape index (κ2) is 5.07. The zero-order valence-corrected chi connectivity index (χ0v) is 11.7. The first-order valence-corrected chi connectivity index (χ1v) is 7.42. The quantitative estimate of drug-likeness (QED) is 0.919. The van der Waals surface area contributed by atoms with E-state index in [2.05, 4.69) is 4.98 Å². The lowest BCUT2D eigenvalue weighted by Crippen LogP contribution is -2.41. The average molecular weight is 286 g/mol. The standard InChI is InChI=1S/C16H18N2O3/c17-12-3-1-2-4-13(12)21-16-11-8-15-14(19-9-20-15)7-10(11)5-6-18-16/h5-8,12-13H,1-4,9,17H2. The highest BCUT2D eigenvalue weighted by Gasteiger charge is 2.25. The third kappa shape index (κ3) is 2.27. The highest BCUT2D eigenvalue weighted by Crippen LogP contribution is 2.38. The van der Waals surface area contributed by atoms with E-state index in [1.54, 1.807) is 6.20 Å². The van der Waals surface area contributed by atoms with Crippen LogP contribution < -0.4 is 19.9 Å². The monoisotopic (exact) mass is 286 g/mol. The number of fused-ring (bicyclic) bond motifs is 2. The number of nitrogens with zero attached hydrogens (tertiary/aromatic N) is 1. The molecule has 0 radical (unpaired) electrons. The summed E-state index contributed by atoms with van der Waals surface area (Å²) in [6, 6.07) is 5.94. The van der Waals surface area contributed by atoms with Gasteiger partial charge in [-0.2, -0.15) is 0 Å². The van der Waals surface area contributed by atoms with Gasteiger partial charge in [-0.3, -0.25) is 0 Å². The highest BCUT2D eigenvalue weighted by molar-refractivity contribution is 5.90. The van der Waals surface area contributed by atoms with Crippen LogP contribution in [0.2, 0.25) is 0 Å². The molecule has 2 N–H and O–H groups in total. The van der Waals surface area contributed by atoms with E-state index in [1.165, 1.54) is 6.42 Å². The van der Waals surface area contributed by atoms with Crippen molar-refractivity contribution in [3.63, 3.8) is 0 Å². The Balaban J connectivity index is 1.71. The minimum absolute atomic E-state index is 0.0438. The molecular weight excluding hydrogens is 268 g/mol. The molecule has 1 saturated carbocycles. The summed E-state index contributed by atoms with van der Waals surface area (Å²) in [6.07, 6.45) is 6.15. The largest absolute Gasteiger partial charge is 0.472 e. The fourth-order valence-electron chi connectivity index (χ4n) is 3.04. The van der Waals surface area contributed by atoms with Crippen molar-refractivity contribution in [1.29, 1.82) is 0 Å². The Morgan fingerprint density at radius 3 is 2.81 bits per heavy atom. The molecule has 0 amide bonds. The van der Waals surface area contributed by atoms with Gasteiger partial charge in [0.25, 0.3) is 0 Å². The molecule has 110 valence electrons. The first-order chi connectivity index (χ1) is 10.3. The molecule has 1 aromatic heterocycles. The third-order valence-corrected chi connectivity index (χ3v) is 4.24. The van der Waals surface area contributed by atoms with E-state index in [0.29, 0.717) is 5.88 Å². The van der Waals surface area contributed by atoms with E-state index in [0.717, 1.165) is 41.5 Å². The van der Waals surface area contributed by atoms with Crippen molar-refractivity contribution >= 4 is 10.8 Å². The molecule has 2 atom stereocenters. The summed E-state index contributed by atoms with van der Waals surface area (Å²) in [5.74, 6) is 2.15. The van der Waals surface area contributed by atoms with Gasteiger partial charge in [-0.25, -0.2) is 4.98 Å². The summed E-state index contributed by atoms with van der Waals surface area (Å²) in [7, 11) is 0. The molecule has 1 aromatic carbocycles. The van der Waals surface area contributed by atoms with Crippen LogP contribution in [0, 0.1) is 0 Å². The topological polar surface area (TPSA) is 66.6 Å². The predicted molar refractivity (Wildman–Crippen MR) is 78.7 cm³/mol. The van der Waals surface area contributed by atoms with Crippen LogP contribution in [-0.4, -0.2) is 23.9 Å². The summed E-state index contributed by atoms with van der Waals surface area (Å²) in [5, 5.41) is 1.98. The summed E-state index contributed by atoms with van der Waals surface area (Å²) in [5.41, 5.74) is 6.16. The van der Waals surface area contributed by atoms with Crippen molar-refractivity contribution in [1.82, 2.24) is 4.98 Å². The number of hydrogen-bond acceptors (Lipinski definition) is 5. The molecule has 0 spiro atoms. The predicted octanol–water partition coefficient (Wildman–Crippen LogP) is 2.61. The van der Waals surface area contributed by atoms with E-state index >= 15 is 0 Å². The SMILES string of the molecule is NC1CCCCC1Oc1nccc2cc3c(cc12)OCO3. The van der Waals surface area contributed by atoms with Crippen LogP contribution in [0.1, 0.15) is 25.7 Å². The van der Waals surface area contributed by atoms with Crippen LogP contribution in [0.3, 0.4) is 0 Å². The lowest BCUT2D eigenvalue weighted by atomic mass is 9.93. The molecule has 5 nitrogen and oxygen atoms in total. The molecule has 2 unspecified atom stereocenters. The van der Waals surface area contributed by atoms with Crippen molar-refractivity contribution in [2.24, 2.45) is 5.73 Å². The van der Waals surface area contributed by atoms with Crippen LogP contribution in [0.25, 0.3) is 10.8 Å². The Bertz CT molecular complexity index is 674. The normalized spacial score (nSPS) is 24.2. The Kier molecular flexibility index (Phi) is 3.07. The van der Waals surface area contributed by atoms with Crippen molar-refractivity contribution in [2.75, 3.05) is 6.79 Å². The minimum atomic E-state index is 0.0438. The summed E-state index contributed by atoms with van der Waals surface area (Å²) >= 11 is 0. The molecule has 0 bridgehead atoms. The molecule has 5 heteroatoms. The lowest BCUT2D eigenvalue weighted by molar-refractivity contribution is 0.129. The van der Waals surface area contributed by atoms with Gasteiger partial charge < -0.3 is 19.9 Å². The third-order valence-electron chi connectivity index (χ3n) is 4.24. The minimum Gasteiger partial charge on any atom is -0.472 e. The molecule has 4 rings (SSSR count). The fourth-order valence-corrected chi connectivity index (χ4v) is 3.04. The van der Waals surface area contributed by atoms with Crippen molar-refractivity contribution in [2.45, 2.75) is 37.8 Å². The van der Waals surface area contributed by atoms with Gasteiger partial charge in [-0.15, -0.1) is 0 Å². The molecule has 1 aliphatic heterocycles. The average Bonchev–Trinajstić information content (AvgIpc) is 2.95. The summed E-state index contributed by atoms with van der Waals surface area (Å²) in [4.78, 5) is 4.39. The summed E-state index contributed by atoms with van der Waals surface area (Å²) < 4.78 is 17.0. The first-order valence-electron chi connectivity index (χ1n) is 7.42. The van der Waals surface area contributed by atoms with E-state index in [-0.39, 0.29) is 18.9 Å². The van der Waals surface area contributed by atoms with Gasteiger partial charge in [0.05, 0.1) is 0 Å². The van der Waals surface area contributed by atoms with Crippen molar-refractivity contribution in [3.05, 3.63) is 24.4 Å². The van der Waals surface area contributed by atoms with Crippen LogP contribution >= 0.6 is 0 Å². The smallest absolute Gasteiger partial charge is 0.231 e. The van der Waals surface area contributed by atoms with Crippen LogP contribution in [0.15, 0.2) is 24.4 Å². The van der Waals surface area contributed by atoms with Gasteiger partial charge in [-0.1, -0.05) is 6.42 Å². The molecule has 1 aliphatic carbocycles.